The zero-order valence-electron chi connectivity index (χ0n) is 12.9. The van der Waals surface area contributed by atoms with Crippen LogP contribution in [0.5, 0.6) is 0 Å². The Morgan fingerprint density at radius 1 is 0.905 bits per heavy atom. The van der Waals surface area contributed by atoms with E-state index in [4.69, 9.17) is 4.74 Å². The van der Waals surface area contributed by atoms with Crippen LogP contribution in [-0.2, 0) is 17.6 Å². The second kappa shape index (κ2) is 6.57. The molecule has 0 saturated heterocycles. The molecule has 0 atom stereocenters. The number of carbonyl (C=O) groups is 1. The number of benzene rings is 2. The van der Waals surface area contributed by atoms with E-state index < -0.39 is 5.60 Å². The zero-order valence-corrected chi connectivity index (χ0v) is 12.9. The lowest BCUT2D eigenvalue weighted by atomic mass is 9.99. The van der Waals surface area contributed by atoms with Gasteiger partial charge in [-0.15, -0.1) is 0 Å². The van der Waals surface area contributed by atoms with Gasteiger partial charge in [-0.1, -0.05) is 48.5 Å². The molecule has 0 aliphatic rings. The predicted molar refractivity (Wildman–Crippen MR) is 85.5 cm³/mol. The maximum Gasteiger partial charge on any atom is 0.338 e. The van der Waals surface area contributed by atoms with Crippen LogP contribution in [0.15, 0.2) is 54.6 Å². The molecule has 0 amide bonds. The summed E-state index contributed by atoms with van der Waals surface area (Å²) in [4.78, 5) is 12.3. The van der Waals surface area contributed by atoms with E-state index in [1.165, 1.54) is 5.56 Å². The molecule has 0 spiro atoms. The quantitative estimate of drug-likeness (QED) is 0.776. The number of ether oxygens (including phenoxy) is 1. The maximum atomic E-state index is 12.3. The SMILES string of the molecule is CC(C)(C)OC(=O)c1ccccc1CCc1ccccc1. The molecule has 2 aromatic carbocycles. The van der Waals surface area contributed by atoms with Crippen molar-refractivity contribution >= 4 is 5.97 Å². The molecular formula is C19H22O2. The Balaban J connectivity index is 2.12. The molecule has 2 rings (SSSR count). The lowest BCUT2D eigenvalue weighted by Crippen LogP contribution is -2.24. The van der Waals surface area contributed by atoms with Gasteiger partial charge in [0.2, 0.25) is 0 Å². The van der Waals surface area contributed by atoms with E-state index in [1.54, 1.807) is 0 Å². The number of hydrogen-bond acceptors (Lipinski definition) is 2. The molecule has 0 aromatic heterocycles. The first-order valence-corrected chi connectivity index (χ1v) is 7.31. The smallest absolute Gasteiger partial charge is 0.338 e. The van der Waals surface area contributed by atoms with E-state index in [0.29, 0.717) is 5.56 Å². The lowest BCUT2D eigenvalue weighted by Gasteiger charge is -2.20. The first-order valence-electron chi connectivity index (χ1n) is 7.31. The van der Waals surface area contributed by atoms with Gasteiger partial charge in [0.15, 0.2) is 0 Å². The van der Waals surface area contributed by atoms with Crippen LogP contribution in [0.4, 0.5) is 0 Å². The van der Waals surface area contributed by atoms with E-state index in [2.05, 4.69) is 12.1 Å². The minimum absolute atomic E-state index is 0.244. The molecule has 2 nitrogen and oxygen atoms in total. The molecule has 0 aliphatic heterocycles. The second-order valence-corrected chi connectivity index (χ2v) is 6.14. The third-order valence-corrected chi connectivity index (χ3v) is 3.16. The summed E-state index contributed by atoms with van der Waals surface area (Å²) in [6, 6.07) is 18.0. The number of aryl methyl sites for hydroxylation is 2. The van der Waals surface area contributed by atoms with Crippen molar-refractivity contribution in [1.29, 1.82) is 0 Å². The van der Waals surface area contributed by atoms with Crippen LogP contribution in [-0.4, -0.2) is 11.6 Å². The highest BCUT2D eigenvalue weighted by molar-refractivity contribution is 5.91. The van der Waals surface area contributed by atoms with Crippen LogP contribution in [0.25, 0.3) is 0 Å². The van der Waals surface area contributed by atoms with Gasteiger partial charge in [0.1, 0.15) is 5.60 Å². The fourth-order valence-electron chi connectivity index (χ4n) is 2.19. The fourth-order valence-corrected chi connectivity index (χ4v) is 2.19. The highest BCUT2D eigenvalue weighted by Gasteiger charge is 2.19. The molecule has 0 heterocycles. The van der Waals surface area contributed by atoms with Gasteiger partial charge in [-0.2, -0.15) is 0 Å². The molecule has 0 saturated carbocycles. The molecular weight excluding hydrogens is 260 g/mol. The maximum absolute atomic E-state index is 12.3. The van der Waals surface area contributed by atoms with Crippen molar-refractivity contribution in [2.75, 3.05) is 0 Å². The van der Waals surface area contributed by atoms with Crippen LogP contribution in [0.1, 0.15) is 42.3 Å². The largest absolute Gasteiger partial charge is 0.456 e. The summed E-state index contributed by atoms with van der Waals surface area (Å²) in [7, 11) is 0. The summed E-state index contributed by atoms with van der Waals surface area (Å²) in [6.45, 7) is 5.66. The normalized spacial score (nSPS) is 11.2. The molecule has 110 valence electrons. The van der Waals surface area contributed by atoms with Crippen LogP contribution >= 0.6 is 0 Å². The van der Waals surface area contributed by atoms with Crippen LogP contribution in [0, 0.1) is 0 Å². The second-order valence-electron chi connectivity index (χ2n) is 6.14. The van der Waals surface area contributed by atoms with E-state index >= 15 is 0 Å². The Bertz CT molecular complexity index is 594. The molecule has 0 bridgehead atoms. The summed E-state index contributed by atoms with van der Waals surface area (Å²) in [6.07, 6.45) is 1.75. The minimum atomic E-state index is -0.469. The van der Waals surface area contributed by atoms with Crippen molar-refractivity contribution in [3.8, 4) is 0 Å². The van der Waals surface area contributed by atoms with Crippen molar-refractivity contribution in [1.82, 2.24) is 0 Å². The minimum Gasteiger partial charge on any atom is -0.456 e. The Morgan fingerprint density at radius 3 is 2.19 bits per heavy atom. The molecule has 2 aromatic rings. The highest BCUT2D eigenvalue weighted by atomic mass is 16.6. The van der Waals surface area contributed by atoms with Gasteiger partial charge in [0.05, 0.1) is 5.56 Å². The summed E-state index contributed by atoms with van der Waals surface area (Å²) in [5.41, 5.74) is 2.51. The zero-order chi connectivity index (χ0) is 15.3. The van der Waals surface area contributed by atoms with E-state index in [0.717, 1.165) is 18.4 Å². The average Bonchev–Trinajstić information content (AvgIpc) is 2.45. The first-order chi connectivity index (χ1) is 9.96. The lowest BCUT2D eigenvalue weighted by molar-refractivity contribution is 0.00683. The molecule has 0 N–H and O–H groups in total. The van der Waals surface area contributed by atoms with Gasteiger partial charge in [-0.25, -0.2) is 4.79 Å². The molecule has 21 heavy (non-hydrogen) atoms. The van der Waals surface area contributed by atoms with Gasteiger partial charge in [0.25, 0.3) is 0 Å². The summed E-state index contributed by atoms with van der Waals surface area (Å²) < 4.78 is 5.48. The van der Waals surface area contributed by atoms with Gasteiger partial charge in [-0.05, 0) is 50.8 Å². The first kappa shape index (κ1) is 15.3. The van der Waals surface area contributed by atoms with Crippen LogP contribution < -0.4 is 0 Å². The van der Waals surface area contributed by atoms with E-state index in [1.807, 2.05) is 63.2 Å². The predicted octanol–water partition coefficient (Wildman–Crippen LogP) is 4.43. The third kappa shape index (κ3) is 4.75. The number of esters is 1. The van der Waals surface area contributed by atoms with Crippen LogP contribution in [0.3, 0.4) is 0 Å². The summed E-state index contributed by atoms with van der Waals surface area (Å²) in [5, 5.41) is 0. The third-order valence-electron chi connectivity index (χ3n) is 3.16. The number of carbonyl (C=O) groups excluding carboxylic acids is 1. The van der Waals surface area contributed by atoms with Gasteiger partial charge < -0.3 is 4.74 Å². The Morgan fingerprint density at radius 2 is 1.52 bits per heavy atom. The Kier molecular flexibility index (Phi) is 4.79. The molecule has 0 fully saturated rings. The summed E-state index contributed by atoms with van der Waals surface area (Å²) >= 11 is 0. The molecule has 0 unspecified atom stereocenters. The molecule has 0 aliphatic carbocycles. The van der Waals surface area contributed by atoms with Crippen molar-refractivity contribution < 1.29 is 9.53 Å². The summed E-state index contributed by atoms with van der Waals surface area (Å²) in [5.74, 6) is -0.244. The fraction of sp³-hybridized carbons (Fsp3) is 0.316. The Hall–Kier alpha value is -2.09. The van der Waals surface area contributed by atoms with E-state index in [-0.39, 0.29) is 5.97 Å². The topological polar surface area (TPSA) is 26.3 Å². The number of rotatable bonds is 4. The average molecular weight is 282 g/mol. The van der Waals surface area contributed by atoms with Gasteiger partial charge >= 0.3 is 5.97 Å². The molecule has 0 radical (unpaired) electrons. The number of hydrogen-bond donors (Lipinski definition) is 0. The standard InChI is InChI=1S/C19H22O2/c1-19(2,3)21-18(20)17-12-8-7-11-16(17)14-13-15-9-5-4-6-10-15/h4-12H,13-14H2,1-3H3. The van der Waals surface area contributed by atoms with Gasteiger partial charge in [-0.3, -0.25) is 0 Å². The van der Waals surface area contributed by atoms with Crippen molar-refractivity contribution in [2.24, 2.45) is 0 Å². The van der Waals surface area contributed by atoms with Gasteiger partial charge in [0, 0.05) is 0 Å². The van der Waals surface area contributed by atoms with Crippen LogP contribution in [0.2, 0.25) is 0 Å². The van der Waals surface area contributed by atoms with Crippen molar-refractivity contribution in [2.45, 2.75) is 39.2 Å². The van der Waals surface area contributed by atoms with E-state index in [9.17, 15) is 4.79 Å². The monoisotopic (exact) mass is 282 g/mol. The molecule has 2 heteroatoms. The van der Waals surface area contributed by atoms with Crippen molar-refractivity contribution in [3.63, 3.8) is 0 Å². The van der Waals surface area contributed by atoms with Crippen molar-refractivity contribution in [3.05, 3.63) is 71.3 Å². The highest BCUT2D eigenvalue weighted by Crippen LogP contribution is 2.17. The Labute approximate surface area is 126 Å².